The van der Waals surface area contributed by atoms with Gasteiger partial charge < -0.3 is 33.2 Å². The van der Waals surface area contributed by atoms with Crippen molar-refractivity contribution in [2.75, 3.05) is 33.3 Å². The second-order valence-electron chi connectivity index (χ2n) is 5.15. The van der Waals surface area contributed by atoms with Gasteiger partial charge in [-0.3, -0.25) is 4.79 Å². The molecule has 20 heavy (non-hydrogen) atoms. The molecule has 1 aromatic carbocycles. The molecule has 0 radical (unpaired) electrons. The van der Waals surface area contributed by atoms with Crippen molar-refractivity contribution in [1.82, 2.24) is 0 Å². The van der Waals surface area contributed by atoms with E-state index in [0.717, 1.165) is 29.7 Å². The molecule has 3 nitrogen and oxygen atoms in total. The summed E-state index contributed by atoms with van der Waals surface area (Å²) in [4.78, 5) is 12.2. The third kappa shape index (κ3) is 5.40. The molecule has 0 aromatic heterocycles. The van der Waals surface area contributed by atoms with E-state index < -0.39 is 0 Å². The van der Waals surface area contributed by atoms with Crippen molar-refractivity contribution in [3.8, 4) is 0 Å². The molecule has 0 aliphatic carbocycles. The van der Waals surface area contributed by atoms with Crippen LogP contribution in [0.3, 0.4) is 0 Å². The van der Waals surface area contributed by atoms with Crippen LogP contribution >= 0.6 is 0 Å². The zero-order chi connectivity index (χ0) is 14.3. The highest BCUT2D eigenvalue weighted by Crippen LogP contribution is 2.21. The lowest BCUT2D eigenvalue weighted by Gasteiger charge is -2.35. The van der Waals surface area contributed by atoms with Crippen molar-refractivity contribution in [1.29, 1.82) is 0 Å². The summed E-state index contributed by atoms with van der Waals surface area (Å²) in [6, 6.07) is 9.95. The van der Waals surface area contributed by atoms with Crippen LogP contribution in [0.5, 0.6) is 0 Å². The number of likely N-dealkylation sites (N-methyl/N-ethyl adjacent to an activating group) is 1. The Labute approximate surface area is 139 Å². The quantitative estimate of drug-likeness (QED) is 0.367. The van der Waals surface area contributed by atoms with Gasteiger partial charge in [0.05, 0.1) is 33.3 Å². The number of nitrogens with zero attached hydrogens (tertiary/aromatic N) is 1. The van der Waals surface area contributed by atoms with E-state index in [1.165, 1.54) is 0 Å². The molecule has 0 saturated carbocycles. The molecule has 0 spiro atoms. The third-order valence-electron chi connectivity index (χ3n) is 3.92. The molecule has 0 aliphatic rings. The Kier molecular flexibility index (Phi) is 9.05. The summed E-state index contributed by atoms with van der Waals surface area (Å²) < 4.78 is 6.12. The average Bonchev–Trinajstić information content (AvgIpc) is 2.45. The zero-order valence-electron chi connectivity index (χ0n) is 12.9. The Bertz CT molecular complexity index is 391. The maximum atomic E-state index is 12.2. The summed E-state index contributed by atoms with van der Waals surface area (Å²) in [5.41, 5.74) is 1.05. The largest absolute Gasteiger partial charge is 1.00 e. The molecule has 0 aliphatic heterocycles. The first-order valence-corrected chi connectivity index (χ1v) is 7.11. The summed E-state index contributed by atoms with van der Waals surface area (Å²) in [5.74, 6) is -0.286. The van der Waals surface area contributed by atoms with E-state index >= 15 is 0 Å². The molecule has 4 heteroatoms. The van der Waals surface area contributed by atoms with Gasteiger partial charge in [-0.15, -0.1) is 0 Å². The summed E-state index contributed by atoms with van der Waals surface area (Å²) in [6.45, 7) is 9.43. The molecule has 1 rings (SSSR count). The van der Waals surface area contributed by atoms with Crippen LogP contribution in [-0.2, 0) is 9.53 Å². The molecule has 1 unspecified atom stereocenters. The minimum Gasteiger partial charge on any atom is -1.00 e. The van der Waals surface area contributed by atoms with Crippen LogP contribution in [0.2, 0.25) is 0 Å². The van der Waals surface area contributed by atoms with E-state index in [0.29, 0.717) is 6.61 Å². The Balaban J connectivity index is 0.00000361. The molecular formula is C16H26INO2. The van der Waals surface area contributed by atoms with Gasteiger partial charge in [0.15, 0.2) is 0 Å². The minimum absolute atomic E-state index is 0. The lowest BCUT2D eigenvalue weighted by atomic mass is 9.97. The van der Waals surface area contributed by atoms with Gasteiger partial charge in [0.1, 0.15) is 5.92 Å². The van der Waals surface area contributed by atoms with Gasteiger partial charge >= 0.3 is 5.97 Å². The molecule has 0 fully saturated rings. The van der Waals surface area contributed by atoms with E-state index in [2.05, 4.69) is 20.9 Å². The number of benzene rings is 1. The fraction of sp³-hybridized carbons (Fsp3) is 0.562. The normalized spacial score (nSPS) is 12.4. The molecule has 0 bridgehead atoms. The predicted molar refractivity (Wildman–Crippen MR) is 77.9 cm³/mol. The number of rotatable bonds is 7. The molecular weight excluding hydrogens is 365 g/mol. The van der Waals surface area contributed by atoms with Crippen molar-refractivity contribution < 1.29 is 38.0 Å². The molecule has 1 aromatic rings. The standard InChI is InChI=1S/C16H26NO2.HI/c1-5-17(4,6-2)13-15(16(18)19-7-3)14-11-9-8-10-12-14;/h8-12,15H,5-7,13H2,1-4H3;1H/q+1;/p-1. The molecule has 0 heterocycles. The highest BCUT2D eigenvalue weighted by Gasteiger charge is 2.30. The first-order chi connectivity index (χ1) is 9.06. The van der Waals surface area contributed by atoms with E-state index in [4.69, 9.17) is 4.74 Å². The number of ether oxygens (including phenoxy) is 1. The number of hydrogen-bond donors (Lipinski definition) is 0. The van der Waals surface area contributed by atoms with Crippen molar-refractivity contribution >= 4 is 5.97 Å². The first-order valence-electron chi connectivity index (χ1n) is 7.11. The lowest BCUT2D eigenvalue weighted by Crippen LogP contribution is -3.00. The van der Waals surface area contributed by atoms with E-state index in [1.807, 2.05) is 37.3 Å². The molecule has 1 atom stereocenters. The lowest BCUT2D eigenvalue weighted by molar-refractivity contribution is -0.906. The third-order valence-corrected chi connectivity index (χ3v) is 3.92. The highest BCUT2D eigenvalue weighted by atomic mass is 127. The van der Waals surface area contributed by atoms with Gasteiger partial charge in [-0.05, 0) is 26.3 Å². The second kappa shape index (κ2) is 9.34. The molecule has 0 saturated heterocycles. The van der Waals surface area contributed by atoms with E-state index in [-0.39, 0.29) is 35.9 Å². The smallest absolute Gasteiger partial charge is 0.319 e. The average molecular weight is 391 g/mol. The predicted octanol–water partition coefficient (Wildman–Crippen LogP) is -0.176. The van der Waals surface area contributed by atoms with Crippen LogP contribution in [0.1, 0.15) is 32.3 Å². The van der Waals surface area contributed by atoms with Crippen LogP contribution in [0.25, 0.3) is 0 Å². The van der Waals surface area contributed by atoms with Gasteiger partial charge in [-0.2, -0.15) is 0 Å². The Hall–Kier alpha value is -0.620. The second-order valence-corrected chi connectivity index (χ2v) is 5.15. The number of esters is 1. The number of carbonyl (C=O) groups is 1. The molecule has 114 valence electrons. The SMILES string of the molecule is CCOC(=O)C(C[N+](C)(CC)CC)c1ccccc1.[I-]. The molecule has 0 amide bonds. The van der Waals surface area contributed by atoms with Crippen LogP contribution < -0.4 is 24.0 Å². The van der Waals surface area contributed by atoms with Crippen LogP contribution in [0, 0.1) is 0 Å². The number of carbonyl (C=O) groups excluding carboxylic acids is 1. The van der Waals surface area contributed by atoms with Crippen molar-refractivity contribution in [3.05, 3.63) is 35.9 Å². The van der Waals surface area contributed by atoms with E-state index in [1.54, 1.807) is 0 Å². The Morgan fingerprint density at radius 3 is 2.15 bits per heavy atom. The van der Waals surface area contributed by atoms with Gasteiger partial charge in [0.25, 0.3) is 0 Å². The van der Waals surface area contributed by atoms with Gasteiger partial charge in [-0.25, -0.2) is 0 Å². The Morgan fingerprint density at radius 1 is 1.15 bits per heavy atom. The number of halogens is 1. The summed E-state index contributed by atoms with van der Waals surface area (Å²) in [6.07, 6.45) is 0. The minimum atomic E-state index is -0.175. The van der Waals surface area contributed by atoms with Crippen LogP contribution in [0.15, 0.2) is 30.3 Å². The highest BCUT2D eigenvalue weighted by molar-refractivity contribution is 5.78. The van der Waals surface area contributed by atoms with Gasteiger partial charge in [0.2, 0.25) is 0 Å². The Morgan fingerprint density at radius 2 is 1.70 bits per heavy atom. The fourth-order valence-corrected chi connectivity index (χ4v) is 2.17. The van der Waals surface area contributed by atoms with Crippen molar-refractivity contribution in [2.45, 2.75) is 26.7 Å². The number of quaternary nitrogens is 1. The summed E-state index contributed by atoms with van der Waals surface area (Å²) in [7, 11) is 2.19. The molecule has 0 N–H and O–H groups in total. The first kappa shape index (κ1) is 19.4. The van der Waals surface area contributed by atoms with E-state index in [9.17, 15) is 4.79 Å². The number of hydrogen-bond acceptors (Lipinski definition) is 2. The summed E-state index contributed by atoms with van der Waals surface area (Å²) >= 11 is 0. The summed E-state index contributed by atoms with van der Waals surface area (Å²) in [5, 5.41) is 0. The van der Waals surface area contributed by atoms with Crippen molar-refractivity contribution in [3.63, 3.8) is 0 Å². The fourth-order valence-electron chi connectivity index (χ4n) is 2.17. The van der Waals surface area contributed by atoms with Gasteiger partial charge in [-0.1, -0.05) is 30.3 Å². The van der Waals surface area contributed by atoms with Gasteiger partial charge in [0, 0.05) is 0 Å². The van der Waals surface area contributed by atoms with Crippen molar-refractivity contribution in [2.24, 2.45) is 0 Å². The topological polar surface area (TPSA) is 26.3 Å². The monoisotopic (exact) mass is 391 g/mol. The van der Waals surface area contributed by atoms with Crippen LogP contribution in [-0.4, -0.2) is 43.7 Å². The maximum Gasteiger partial charge on any atom is 0.319 e. The van der Waals surface area contributed by atoms with Crippen LogP contribution in [0.4, 0.5) is 0 Å². The zero-order valence-corrected chi connectivity index (χ0v) is 15.1. The maximum absolute atomic E-state index is 12.2.